The van der Waals surface area contributed by atoms with Crippen molar-refractivity contribution in [2.45, 2.75) is 4.90 Å². The molecule has 3 aromatic rings. The molecule has 0 aliphatic carbocycles. The number of halogens is 1. The molecule has 0 fully saturated rings. The predicted molar refractivity (Wildman–Crippen MR) is 94.0 cm³/mol. The molecule has 0 amide bonds. The van der Waals surface area contributed by atoms with E-state index in [4.69, 9.17) is 11.6 Å². The summed E-state index contributed by atoms with van der Waals surface area (Å²) >= 11 is 6.06. The molecule has 2 aromatic carbocycles. The number of nitrogens with zero attached hydrogens (tertiary/aromatic N) is 2. The van der Waals surface area contributed by atoms with E-state index in [1.807, 2.05) is 12.1 Å². The number of rotatable bonds is 5. The summed E-state index contributed by atoms with van der Waals surface area (Å²) in [5, 5.41) is 11.4. The van der Waals surface area contributed by atoms with Crippen LogP contribution in [0.25, 0.3) is 0 Å². The average molecular weight is 361 g/mol. The van der Waals surface area contributed by atoms with E-state index >= 15 is 0 Å². The molecule has 0 unspecified atom stereocenters. The van der Waals surface area contributed by atoms with Crippen molar-refractivity contribution in [2.24, 2.45) is 0 Å². The summed E-state index contributed by atoms with van der Waals surface area (Å²) in [6, 6.07) is 18.4. The second-order valence-electron chi connectivity index (χ2n) is 4.83. The maximum Gasteiger partial charge on any atom is 0.263 e. The first-order chi connectivity index (χ1) is 11.5. The summed E-state index contributed by atoms with van der Waals surface area (Å²) in [4.78, 5) is 0.157. The van der Waals surface area contributed by atoms with Gasteiger partial charge in [0.05, 0.1) is 15.6 Å². The Hall–Kier alpha value is -2.64. The third-order valence-corrected chi connectivity index (χ3v) is 4.79. The Labute approximate surface area is 144 Å². The molecule has 3 rings (SSSR count). The van der Waals surface area contributed by atoms with Crippen molar-refractivity contribution in [3.63, 3.8) is 0 Å². The van der Waals surface area contributed by atoms with E-state index in [9.17, 15) is 8.42 Å². The molecule has 0 atom stereocenters. The molecular formula is C16H13ClN4O2S. The van der Waals surface area contributed by atoms with E-state index in [0.29, 0.717) is 16.5 Å². The lowest BCUT2D eigenvalue weighted by molar-refractivity contribution is 0.601. The van der Waals surface area contributed by atoms with Gasteiger partial charge < -0.3 is 5.32 Å². The van der Waals surface area contributed by atoms with Crippen LogP contribution in [-0.2, 0) is 10.0 Å². The van der Waals surface area contributed by atoms with E-state index in [1.54, 1.807) is 36.4 Å². The first kappa shape index (κ1) is 16.2. The molecule has 1 heterocycles. The number of para-hydroxylation sites is 1. The lowest BCUT2D eigenvalue weighted by Crippen LogP contribution is -2.14. The van der Waals surface area contributed by atoms with Crippen molar-refractivity contribution in [3.05, 3.63) is 71.8 Å². The van der Waals surface area contributed by atoms with Crippen LogP contribution in [0, 0.1) is 0 Å². The zero-order valence-corrected chi connectivity index (χ0v) is 13.9. The van der Waals surface area contributed by atoms with Gasteiger partial charge in [0.2, 0.25) is 0 Å². The SMILES string of the molecule is O=S(=O)(Nc1ccc(Nc2ccccc2Cl)nn1)c1ccccc1. The fraction of sp³-hybridized carbons (Fsp3) is 0. The molecule has 0 aliphatic heterocycles. The minimum Gasteiger partial charge on any atom is -0.338 e. The smallest absolute Gasteiger partial charge is 0.263 e. The van der Waals surface area contributed by atoms with Gasteiger partial charge in [-0.3, -0.25) is 4.72 Å². The quantitative estimate of drug-likeness (QED) is 0.725. The molecule has 8 heteroatoms. The van der Waals surface area contributed by atoms with Crippen LogP contribution in [0.15, 0.2) is 71.6 Å². The van der Waals surface area contributed by atoms with Crippen LogP contribution in [0.1, 0.15) is 0 Å². The molecule has 0 radical (unpaired) electrons. The minimum atomic E-state index is -3.69. The Bertz CT molecular complexity index is 932. The maximum atomic E-state index is 12.2. The highest BCUT2D eigenvalue weighted by Gasteiger charge is 2.14. The predicted octanol–water partition coefficient (Wildman–Crippen LogP) is 3.67. The average Bonchev–Trinajstić information content (AvgIpc) is 2.59. The van der Waals surface area contributed by atoms with Gasteiger partial charge in [-0.1, -0.05) is 41.9 Å². The molecule has 24 heavy (non-hydrogen) atoms. The van der Waals surface area contributed by atoms with Gasteiger partial charge in [0.25, 0.3) is 10.0 Å². The third-order valence-electron chi connectivity index (χ3n) is 3.09. The van der Waals surface area contributed by atoms with Gasteiger partial charge in [-0.05, 0) is 36.4 Å². The Morgan fingerprint density at radius 3 is 2.08 bits per heavy atom. The highest BCUT2D eigenvalue weighted by molar-refractivity contribution is 7.92. The lowest BCUT2D eigenvalue weighted by Gasteiger charge is -2.09. The van der Waals surface area contributed by atoms with Crippen molar-refractivity contribution in [1.82, 2.24) is 10.2 Å². The minimum absolute atomic E-state index is 0.128. The molecule has 1 aromatic heterocycles. The first-order valence-electron chi connectivity index (χ1n) is 6.98. The molecule has 122 valence electrons. The summed E-state index contributed by atoms with van der Waals surface area (Å²) < 4.78 is 26.8. The normalized spacial score (nSPS) is 11.0. The first-order valence-corrected chi connectivity index (χ1v) is 8.84. The largest absolute Gasteiger partial charge is 0.338 e. The highest BCUT2D eigenvalue weighted by atomic mass is 35.5. The number of nitrogens with one attached hydrogen (secondary N) is 2. The van der Waals surface area contributed by atoms with Gasteiger partial charge in [0.15, 0.2) is 11.6 Å². The standard InChI is InChI=1S/C16H13ClN4O2S/c17-13-8-4-5-9-14(13)18-15-10-11-16(20-19-15)21-24(22,23)12-6-2-1-3-7-12/h1-11H,(H,18,19)(H,20,21). The van der Waals surface area contributed by atoms with Crippen LogP contribution in [0.4, 0.5) is 17.3 Å². The van der Waals surface area contributed by atoms with E-state index in [-0.39, 0.29) is 10.7 Å². The van der Waals surface area contributed by atoms with Crippen LogP contribution in [0.2, 0.25) is 5.02 Å². The van der Waals surface area contributed by atoms with E-state index in [1.165, 1.54) is 18.2 Å². The Kier molecular flexibility index (Phi) is 4.64. The number of aromatic nitrogens is 2. The molecule has 0 spiro atoms. The summed E-state index contributed by atoms with van der Waals surface area (Å²) in [6.07, 6.45) is 0. The molecule has 0 aliphatic rings. The zero-order chi connectivity index (χ0) is 17.0. The van der Waals surface area contributed by atoms with Crippen molar-refractivity contribution in [3.8, 4) is 0 Å². The Morgan fingerprint density at radius 1 is 0.792 bits per heavy atom. The van der Waals surface area contributed by atoms with Crippen LogP contribution in [0.5, 0.6) is 0 Å². The van der Waals surface area contributed by atoms with Crippen LogP contribution < -0.4 is 10.0 Å². The number of anilines is 3. The van der Waals surface area contributed by atoms with Gasteiger partial charge >= 0.3 is 0 Å². The maximum absolute atomic E-state index is 12.2. The topological polar surface area (TPSA) is 84.0 Å². The summed E-state index contributed by atoms with van der Waals surface area (Å²) in [5.74, 6) is 0.578. The second-order valence-corrected chi connectivity index (χ2v) is 6.92. The fourth-order valence-corrected chi connectivity index (χ4v) is 3.15. The molecule has 6 nitrogen and oxygen atoms in total. The van der Waals surface area contributed by atoms with E-state index in [2.05, 4.69) is 20.2 Å². The summed E-state index contributed by atoms with van der Waals surface area (Å²) in [5.41, 5.74) is 0.686. The van der Waals surface area contributed by atoms with Crippen molar-refractivity contribution in [1.29, 1.82) is 0 Å². The lowest BCUT2D eigenvalue weighted by atomic mass is 10.3. The van der Waals surface area contributed by atoms with Crippen LogP contribution in [0.3, 0.4) is 0 Å². The monoisotopic (exact) mass is 360 g/mol. The molecular weight excluding hydrogens is 348 g/mol. The summed E-state index contributed by atoms with van der Waals surface area (Å²) in [6.45, 7) is 0. The van der Waals surface area contributed by atoms with Crippen LogP contribution in [-0.4, -0.2) is 18.6 Å². The van der Waals surface area contributed by atoms with Gasteiger partial charge in [0.1, 0.15) is 0 Å². The molecule has 0 saturated heterocycles. The third kappa shape index (κ3) is 3.81. The molecule has 2 N–H and O–H groups in total. The van der Waals surface area contributed by atoms with Gasteiger partial charge in [-0.25, -0.2) is 8.42 Å². The second kappa shape index (κ2) is 6.86. The van der Waals surface area contributed by atoms with Crippen molar-refractivity contribution < 1.29 is 8.42 Å². The number of hydrogen-bond acceptors (Lipinski definition) is 5. The van der Waals surface area contributed by atoms with Gasteiger partial charge in [-0.15, -0.1) is 10.2 Å². The highest BCUT2D eigenvalue weighted by Crippen LogP contribution is 2.24. The van der Waals surface area contributed by atoms with Crippen LogP contribution >= 0.6 is 11.6 Å². The van der Waals surface area contributed by atoms with E-state index < -0.39 is 10.0 Å². The van der Waals surface area contributed by atoms with Crippen molar-refractivity contribution in [2.75, 3.05) is 10.0 Å². The fourth-order valence-electron chi connectivity index (χ4n) is 1.95. The van der Waals surface area contributed by atoms with Crippen molar-refractivity contribution >= 4 is 38.9 Å². The Balaban J connectivity index is 1.74. The van der Waals surface area contributed by atoms with E-state index in [0.717, 1.165) is 0 Å². The number of hydrogen-bond donors (Lipinski definition) is 2. The number of benzene rings is 2. The molecule has 0 bridgehead atoms. The number of sulfonamides is 1. The van der Waals surface area contributed by atoms with Gasteiger partial charge in [0, 0.05) is 0 Å². The summed E-state index contributed by atoms with van der Waals surface area (Å²) in [7, 11) is -3.69. The van der Waals surface area contributed by atoms with Gasteiger partial charge in [-0.2, -0.15) is 0 Å². The molecule has 0 saturated carbocycles. The Morgan fingerprint density at radius 2 is 1.42 bits per heavy atom. The zero-order valence-electron chi connectivity index (χ0n) is 12.3.